The quantitative estimate of drug-likeness (QED) is 0.550. The lowest BCUT2D eigenvalue weighted by atomic mass is 9.97. The van der Waals surface area contributed by atoms with Gasteiger partial charge in [-0.1, -0.05) is 38.8 Å². The standard InChI is InChI=1S/C15H23O4P/c1-3-5-8-13-9-7-11-15(14(13)10-6-4-2)19-20(17,18)12-16/h7,9,11-12H,3-6,8,10H2,1-2H3,(H,17,18). The first kappa shape index (κ1) is 16.9. The van der Waals surface area contributed by atoms with E-state index in [-0.39, 0.29) is 6.03 Å². The van der Waals surface area contributed by atoms with E-state index < -0.39 is 7.60 Å². The van der Waals surface area contributed by atoms with E-state index in [1.54, 1.807) is 12.1 Å². The first-order chi connectivity index (χ1) is 9.54. The maximum atomic E-state index is 11.5. The fourth-order valence-electron chi connectivity index (χ4n) is 2.10. The molecule has 112 valence electrons. The van der Waals surface area contributed by atoms with Crippen LogP contribution in [0.2, 0.25) is 0 Å². The molecule has 0 spiro atoms. The van der Waals surface area contributed by atoms with Crippen LogP contribution in [0.4, 0.5) is 0 Å². The molecule has 1 unspecified atom stereocenters. The van der Waals surface area contributed by atoms with Gasteiger partial charge in [0.1, 0.15) is 5.75 Å². The van der Waals surface area contributed by atoms with Crippen LogP contribution in [0.3, 0.4) is 0 Å². The van der Waals surface area contributed by atoms with Gasteiger partial charge < -0.3 is 9.42 Å². The monoisotopic (exact) mass is 298 g/mol. The summed E-state index contributed by atoms with van der Waals surface area (Å²) >= 11 is 0. The van der Waals surface area contributed by atoms with E-state index in [4.69, 9.17) is 4.52 Å². The van der Waals surface area contributed by atoms with E-state index in [1.165, 1.54) is 0 Å². The van der Waals surface area contributed by atoms with Gasteiger partial charge in [-0.3, -0.25) is 4.79 Å². The van der Waals surface area contributed by atoms with Crippen molar-refractivity contribution < 1.29 is 18.8 Å². The van der Waals surface area contributed by atoms with E-state index >= 15 is 0 Å². The Balaban J connectivity index is 3.07. The molecule has 0 saturated heterocycles. The molecule has 20 heavy (non-hydrogen) atoms. The molecule has 0 saturated carbocycles. The Kier molecular flexibility index (Phi) is 6.97. The minimum atomic E-state index is -4.18. The molecule has 0 amide bonds. The predicted molar refractivity (Wildman–Crippen MR) is 80.9 cm³/mol. The van der Waals surface area contributed by atoms with Gasteiger partial charge >= 0.3 is 7.60 Å². The van der Waals surface area contributed by atoms with Crippen molar-refractivity contribution in [3.05, 3.63) is 29.3 Å². The Morgan fingerprint density at radius 1 is 1.20 bits per heavy atom. The van der Waals surface area contributed by atoms with Crippen LogP contribution >= 0.6 is 7.60 Å². The fourth-order valence-corrected chi connectivity index (χ4v) is 2.59. The van der Waals surface area contributed by atoms with Crippen LogP contribution in [0.1, 0.15) is 50.7 Å². The van der Waals surface area contributed by atoms with Gasteiger partial charge in [-0.25, -0.2) is 4.57 Å². The number of carbonyl (C=O) groups is 1. The van der Waals surface area contributed by atoms with Crippen LogP contribution in [-0.2, 0) is 22.2 Å². The molecular formula is C15H23O4P. The molecule has 1 aromatic rings. The average Bonchev–Trinajstić information content (AvgIpc) is 2.43. The average molecular weight is 298 g/mol. The summed E-state index contributed by atoms with van der Waals surface area (Å²) in [7, 11) is -4.18. The summed E-state index contributed by atoms with van der Waals surface area (Å²) in [4.78, 5) is 19.9. The Morgan fingerprint density at radius 2 is 1.85 bits per heavy atom. The lowest BCUT2D eigenvalue weighted by Gasteiger charge is -2.16. The van der Waals surface area contributed by atoms with Crippen LogP contribution in [0.15, 0.2) is 18.2 Å². The van der Waals surface area contributed by atoms with Crippen LogP contribution in [0.25, 0.3) is 0 Å². The number of benzene rings is 1. The number of carbonyl (C=O) groups excluding carboxylic acids is 1. The largest absolute Gasteiger partial charge is 0.440 e. The molecule has 5 heteroatoms. The third-order valence-electron chi connectivity index (χ3n) is 3.17. The molecule has 1 aromatic carbocycles. The van der Waals surface area contributed by atoms with Gasteiger partial charge in [0.2, 0.25) is 6.03 Å². The molecular weight excluding hydrogens is 275 g/mol. The second-order valence-corrected chi connectivity index (χ2v) is 6.38. The lowest BCUT2D eigenvalue weighted by molar-refractivity contribution is 0.389. The van der Waals surface area contributed by atoms with E-state index in [9.17, 15) is 14.3 Å². The number of hydrogen-bond acceptors (Lipinski definition) is 3. The van der Waals surface area contributed by atoms with Gasteiger partial charge in [-0.05, 0) is 42.9 Å². The molecule has 1 N–H and O–H groups in total. The zero-order valence-electron chi connectivity index (χ0n) is 12.2. The van der Waals surface area contributed by atoms with Crippen molar-refractivity contribution in [3.63, 3.8) is 0 Å². The van der Waals surface area contributed by atoms with Crippen molar-refractivity contribution in [2.24, 2.45) is 0 Å². The summed E-state index contributed by atoms with van der Waals surface area (Å²) in [6.45, 7) is 4.22. The summed E-state index contributed by atoms with van der Waals surface area (Å²) in [6.07, 6.45) is 5.88. The highest BCUT2D eigenvalue weighted by atomic mass is 31.2. The van der Waals surface area contributed by atoms with Crippen molar-refractivity contribution in [1.82, 2.24) is 0 Å². The number of aryl methyl sites for hydroxylation is 1. The Bertz CT molecular complexity index is 485. The van der Waals surface area contributed by atoms with E-state index in [1.807, 2.05) is 6.07 Å². The Hall–Kier alpha value is -1.12. The first-order valence-electron chi connectivity index (χ1n) is 7.13. The summed E-state index contributed by atoms with van der Waals surface area (Å²) in [6, 6.07) is 5.47. The van der Waals surface area contributed by atoms with Crippen LogP contribution in [0, 0.1) is 0 Å². The van der Waals surface area contributed by atoms with Crippen molar-refractivity contribution in [3.8, 4) is 5.75 Å². The highest BCUT2D eigenvalue weighted by molar-refractivity contribution is 7.68. The van der Waals surface area contributed by atoms with Gasteiger partial charge in [0.15, 0.2) is 0 Å². The zero-order valence-corrected chi connectivity index (χ0v) is 13.1. The topological polar surface area (TPSA) is 63.6 Å². The molecule has 1 atom stereocenters. The third kappa shape index (κ3) is 5.10. The van der Waals surface area contributed by atoms with Crippen LogP contribution in [-0.4, -0.2) is 10.9 Å². The van der Waals surface area contributed by atoms with Gasteiger partial charge in [0.25, 0.3) is 0 Å². The Morgan fingerprint density at radius 3 is 2.45 bits per heavy atom. The molecule has 1 rings (SSSR count). The van der Waals surface area contributed by atoms with Gasteiger partial charge in [0.05, 0.1) is 0 Å². The third-order valence-corrected chi connectivity index (χ3v) is 3.90. The lowest BCUT2D eigenvalue weighted by Crippen LogP contribution is -2.01. The maximum Gasteiger partial charge on any atom is 0.440 e. The normalized spacial score (nSPS) is 13.8. The van der Waals surface area contributed by atoms with E-state index in [2.05, 4.69) is 13.8 Å². The molecule has 0 aromatic heterocycles. The van der Waals surface area contributed by atoms with Gasteiger partial charge in [-0.2, -0.15) is 0 Å². The minimum Gasteiger partial charge on any atom is -0.419 e. The second kappa shape index (κ2) is 8.23. The minimum absolute atomic E-state index is 0.0185. The van der Waals surface area contributed by atoms with Gasteiger partial charge in [0, 0.05) is 0 Å². The molecule has 0 heterocycles. The molecule has 0 radical (unpaired) electrons. The summed E-state index contributed by atoms with van der Waals surface area (Å²) in [5, 5.41) is 0. The molecule has 0 aliphatic rings. The molecule has 0 aliphatic heterocycles. The first-order valence-corrected chi connectivity index (χ1v) is 8.78. The predicted octanol–water partition coefficient (Wildman–Crippen LogP) is 4.13. The van der Waals surface area contributed by atoms with Crippen molar-refractivity contribution >= 4 is 13.6 Å². The molecule has 0 bridgehead atoms. The highest BCUT2D eigenvalue weighted by Gasteiger charge is 2.22. The van der Waals surface area contributed by atoms with Crippen molar-refractivity contribution in [1.29, 1.82) is 0 Å². The fraction of sp³-hybridized carbons (Fsp3) is 0.533. The van der Waals surface area contributed by atoms with Crippen molar-refractivity contribution in [2.75, 3.05) is 0 Å². The highest BCUT2D eigenvalue weighted by Crippen LogP contribution is 2.41. The summed E-state index contributed by atoms with van der Waals surface area (Å²) in [5.74, 6) is 0.366. The molecule has 0 aliphatic carbocycles. The zero-order chi connectivity index (χ0) is 15.0. The SMILES string of the molecule is CCCCc1cccc(OP(=O)(O)C=O)c1CCCC. The number of hydrogen-bond donors (Lipinski definition) is 1. The summed E-state index contributed by atoms with van der Waals surface area (Å²) < 4.78 is 16.5. The number of unbranched alkanes of at least 4 members (excludes halogenated alkanes) is 2. The molecule has 4 nitrogen and oxygen atoms in total. The maximum absolute atomic E-state index is 11.5. The van der Waals surface area contributed by atoms with E-state index in [0.29, 0.717) is 5.75 Å². The summed E-state index contributed by atoms with van der Waals surface area (Å²) in [5.41, 5.74) is 2.10. The van der Waals surface area contributed by atoms with Crippen LogP contribution < -0.4 is 4.52 Å². The van der Waals surface area contributed by atoms with Crippen LogP contribution in [0.5, 0.6) is 5.75 Å². The smallest absolute Gasteiger partial charge is 0.419 e. The molecule has 0 fully saturated rings. The Labute approximate surface area is 120 Å². The number of rotatable bonds is 9. The van der Waals surface area contributed by atoms with Gasteiger partial charge in [-0.15, -0.1) is 0 Å². The van der Waals surface area contributed by atoms with Crippen molar-refractivity contribution in [2.45, 2.75) is 52.4 Å². The second-order valence-electron chi connectivity index (χ2n) is 4.86. The van der Waals surface area contributed by atoms with E-state index in [0.717, 1.165) is 49.7 Å².